The maximum absolute atomic E-state index is 12.4. The van der Waals surface area contributed by atoms with Gasteiger partial charge in [0.25, 0.3) is 0 Å². The van der Waals surface area contributed by atoms with Crippen LogP contribution in [0.5, 0.6) is 0 Å². The molecule has 0 amide bonds. The van der Waals surface area contributed by atoms with Crippen molar-refractivity contribution < 1.29 is 9.53 Å². The molecule has 1 heterocycles. The molecule has 1 saturated heterocycles. The van der Waals surface area contributed by atoms with Gasteiger partial charge in [0, 0.05) is 5.41 Å². The van der Waals surface area contributed by atoms with E-state index in [1.807, 2.05) is 0 Å². The Morgan fingerprint density at radius 2 is 1.67 bits per heavy atom. The first-order valence-electron chi connectivity index (χ1n) is 14.3. The normalized spacial score (nSPS) is 52.0. The van der Waals surface area contributed by atoms with Gasteiger partial charge in [0.15, 0.2) is 0 Å². The van der Waals surface area contributed by atoms with Gasteiger partial charge in [-0.05, 0) is 104 Å². The predicted molar refractivity (Wildman–Crippen MR) is 136 cm³/mol. The minimum absolute atomic E-state index is 0.0403. The molecule has 5 aliphatic rings. The summed E-state index contributed by atoms with van der Waals surface area (Å²) >= 11 is 6.70. The molecule has 4 saturated carbocycles. The second-order valence-electron chi connectivity index (χ2n) is 14.4. The molecule has 0 aromatic heterocycles. The van der Waals surface area contributed by atoms with Crippen molar-refractivity contribution in [1.82, 2.24) is 0 Å². The number of carbonyl (C=O) groups is 1. The van der Waals surface area contributed by atoms with Crippen molar-refractivity contribution in [2.45, 2.75) is 124 Å². The van der Waals surface area contributed by atoms with Gasteiger partial charge in [-0.2, -0.15) is 0 Å². The van der Waals surface area contributed by atoms with Crippen LogP contribution in [0.4, 0.5) is 0 Å². The SMILES string of the molecule is CC(C)CCC[C@@H](C)[C@H]1CC[C@H]2[C@@H]3CC[C@H]4C[C@@H]5OC(=O)[C@H](Cl)[C@]5(C)C[C@]4(C)[C@H]3CC[C@]12C. The minimum atomic E-state index is -0.461. The van der Waals surface area contributed by atoms with E-state index in [-0.39, 0.29) is 17.5 Å². The standard InChI is InChI=1S/C30H49ClO2/c1-18(2)8-7-9-19(3)22-12-13-23-21-11-10-20-16-25-30(6,26(31)27(32)33-25)17-29(20,5)24(21)14-15-28(22,23)4/h18-26H,7-17H2,1-6H3/t19-,20+,21+,22-,23+,24+,25+,26+,28-,29+,30-/m1/s1. The molecule has 3 heteroatoms. The molecular formula is C30H49ClO2. The molecule has 5 fully saturated rings. The van der Waals surface area contributed by atoms with Gasteiger partial charge in [-0.3, -0.25) is 4.79 Å². The summed E-state index contributed by atoms with van der Waals surface area (Å²) in [5.41, 5.74) is 0.678. The van der Waals surface area contributed by atoms with E-state index in [9.17, 15) is 4.79 Å². The summed E-state index contributed by atoms with van der Waals surface area (Å²) in [5, 5.41) is -0.461. The second-order valence-corrected chi connectivity index (χ2v) is 14.8. The Morgan fingerprint density at radius 3 is 2.39 bits per heavy atom. The summed E-state index contributed by atoms with van der Waals surface area (Å²) in [6, 6.07) is 0. The Morgan fingerprint density at radius 1 is 0.939 bits per heavy atom. The number of hydrogen-bond acceptors (Lipinski definition) is 2. The maximum Gasteiger partial charge on any atom is 0.325 e. The van der Waals surface area contributed by atoms with E-state index in [1.54, 1.807) is 0 Å². The number of hydrogen-bond donors (Lipinski definition) is 0. The predicted octanol–water partition coefficient (Wildman–Crippen LogP) is 8.26. The molecule has 11 atom stereocenters. The lowest BCUT2D eigenvalue weighted by molar-refractivity contribution is -0.162. The third-order valence-corrected chi connectivity index (χ3v) is 13.0. The Kier molecular flexibility index (Phi) is 6.24. The number of fused-ring (bicyclic) bond motifs is 6. The lowest BCUT2D eigenvalue weighted by Crippen LogP contribution is -2.58. The average molecular weight is 477 g/mol. The highest BCUT2D eigenvalue weighted by atomic mass is 35.5. The third-order valence-electron chi connectivity index (χ3n) is 12.3. The highest BCUT2D eigenvalue weighted by Crippen LogP contribution is 2.70. The minimum Gasteiger partial charge on any atom is -0.461 e. The van der Waals surface area contributed by atoms with Crippen LogP contribution in [-0.2, 0) is 9.53 Å². The van der Waals surface area contributed by atoms with Crippen molar-refractivity contribution in [1.29, 1.82) is 0 Å². The van der Waals surface area contributed by atoms with Crippen molar-refractivity contribution in [2.24, 2.45) is 57.7 Å². The van der Waals surface area contributed by atoms with Crippen molar-refractivity contribution >= 4 is 17.6 Å². The number of rotatable bonds is 5. The van der Waals surface area contributed by atoms with Gasteiger partial charge in [-0.15, -0.1) is 11.6 Å². The summed E-state index contributed by atoms with van der Waals surface area (Å²) in [6.45, 7) is 14.8. The molecule has 0 aromatic rings. The van der Waals surface area contributed by atoms with E-state index in [0.717, 1.165) is 48.3 Å². The van der Waals surface area contributed by atoms with Crippen molar-refractivity contribution in [3.63, 3.8) is 0 Å². The van der Waals surface area contributed by atoms with Crippen molar-refractivity contribution in [3.8, 4) is 0 Å². The van der Waals surface area contributed by atoms with Crippen LogP contribution in [0.25, 0.3) is 0 Å². The summed E-state index contributed by atoms with van der Waals surface area (Å²) < 4.78 is 5.81. The monoisotopic (exact) mass is 476 g/mol. The highest BCUT2D eigenvalue weighted by molar-refractivity contribution is 6.31. The molecule has 33 heavy (non-hydrogen) atoms. The lowest BCUT2D eigenvalue weighted by Gasteiger charge is -2.63. The molecule has 1 aliphatic heterocycles. The van der Waals surface area contributed by atoms with Crippen LogP contribution < -0.4 is 0 Å². The Bertz CT molecular complexity index is 764. The first kappa shape index (κ1) is 24.5. The van der Waals surface area contributed by atoms with Crippen LogP contribution in [0.1, 0.15) is 112 Å². The summed E-state index contributed by atoms with van der Waals surface area (Å²) in [5.74, 6) is 5.75. The fourth-order valence-corrected chi connectivity index (χ4v) is 10.9. The van der Waals surface area contributed by atoms with Gasteiger partial charge in [-0.25, -0.2) is 0 Å². The fourth-order valence-electron chi connectivity index (χ4n) is 10.6. The van der Waals surface area contributed by atoms with Crippen LogP contribution in [-0.4, -0.2) is 17.5 Å². The van der Waals surface area contributed by atoms with Gasteiger partial charge in [-0.1, -0.05) is 60.8 Å². The molecule has 0 N–H and O–H groups in total. The number of halogens is 1. The molecule has 0 radical (unpaired) electrons. The molecule has 2 nitrogen and oxygen atoms in total. The fraction of sp³-hybridized carbons (Fsp3) is 0.967. The molecule has 188 valence electrons. The van der Waals surface area contributed by atoms with Gasteiger partial charge < -0.3 is 4.74 Å². The number of carbonyl (C=O) groups excluding carboxylic acids is 1. The molecule has 5 rings (SSSR count). The average Bonchev–Trinajstić information content (AvgIpc) is 3.20. The third kappa shape index (κ3) is 3.65. The molecule has 4 aliphatic carbocycles. The Balaban J connectivity index is 1.34. The van der Waals surface area contributed by atoms with Crippen LogP contribution in [0.2, 0.25) is 0 Å². The van der Waals surface area contributed by atoms with Gasteiger partial charge in [0.05, 0.1) is 0 Å². The Labute approximate surface area is 208 Å². The van der Waals surface area contributed by atoms with E-state index in [4.69, 9.17) is 16.3 Å². The topological polar surface area (TPSA) is 26.3 Å². The molecule has 0 bridgehead atoms. The zero-order chi connectivity index (χ0) is 23.8. The van der Waals surface area contributed by atoms with Gasteiger partial charge in [0.1, 0.15) is 11.5 Å². The van der Waals surface area contributed by atoms with E-state index in [0.29, 0.717) is 16.7 Å². The van der Waals surface area contributed by atoms with Crippen LogP contribution in [0.15, 0.2) is 0 Å². The molecule has 0 unspecified atom stereocenters. The molecule has 0 spiro atoms. The first-order valence-corrected chi connectivity index (χ1v) is 14.8. The van der Waals surface area contributed by atoms with Crippen molar-refractivity contribution in [2.75, 3.05) is 0 Å². The summed E-state index contributed by atoms with van der Waals surface area (Å²) in [7, 11) is 0. The van der Waals surface area contributed by atoms with Crippen LogP contribution in [0.3, 0.4) is 0 Å². The largest absolute Gasteiger partial charge is 0.461 e. The van der Waals surface area contributed by atoms with Gasteiger partial charge in [0.2, 0.25) is 0 Å². The summed E-state index contributed by atoms with van der Waals surface area (Å²) in [4.78, 5) is 12.4. The number of esters is 1. The quantitative estimate of drug-likeness (QED) is 0.295. The van der Waals surface area contributed by atoms with Crippen LogP contribution in [0, 0.1) is 57.7 Å². The van der Waals surface area contributed by atoms with E-state index in [1.165, 1.54) is 57.8 Å². The maximum atomic E-state index is 12.4. The summed E-state index contributed by atoms with van der Waals surface area (Å²) in [6.07, 6.45) is 14.8. The van der Waals surface area contributed by atoms with E-state index >= 15 is 0 Å². The zero-order valence-electron chi connectivity index (χ0n) is 22.2. The lowest BCUT2D eigenvalue weighted by atomic mass is 9.42. The van der Waals surface area contributed by atoms with E-state index in [2.05, 4.69) is 41.5 Å². The van der Waals surface area contributed by atoms with E-state index < -0.39 is 5.38 Å². The Hall–Kier alpha value is -0.240. The molecular weight excluding hydrogens is 428 g/mol. The number of ether oxygens (including phenoxy) is 1. The molecule has 0 aromatic carbocycles. The first-order chi connectivity index (χ1) is 15.5. The van der Waals surface area contributed by atoms with Gasteiger partial charge >= 0.3 is 5.97 Å². The second kappa shape index (κ2) is 8.41. The number of alkyl halides is 1. The smallest absolute Gasteiger partial charge is 0.325 e. The van der Waals surface area contributed by atoms with Crippen molar-refractivity contribution in [3.05, 3.63) is 0 Å². The zero-order valence-corrected chi connectivity index (χ0v) is 22.9. The highest BCUT2D eigenvalue weighted by Gasteiger charge is 2.66. The van der Waals surface area contributed by atoms with Crippen LogP contribution >= 0.6 is 11.6 Å².